The molecule has 1 saturated heterocycles. The summed E-state index contributed by atoms with van der Waals surface area (Å²) in [7, 11) is 0. The van der Waals surface area contributed by atoms with Crippen molar-refractivity contribution in [3.05, 3.63) is 54.2 Å². The first kappa shape index (κ1) is 22.1. The summed E-state index contributed by atoms with van der Waals surface area (Å²) in [6.07, 6.45) is -4.21. The predicted octanol–water partition coefficient (Wildman–Crippen LogP) is 2.47. The van der Waals surface area contributed by atoms with Crippen molar-refractivity contribution in [3.63, 3.8) is 0 Å². The molecule has 8 heteroatoms. The van der Waals surface area contributed by atoms with Crippen LogP contribution in [0.15, 0.2) is 58.5 Å². The van der Waals surface area contributed by atoms with Crippen molar-refractivity contribution < 1.29 is 29.9 Å². The van der Waals surface area contributed by atoms with E-state index < -0.39 is 37.3 Å². The fourth-order valence-corrected chi connectivity index (χ4v) is 4.92. The van der Waals surface area contributed by atoms with E-state index in [0.717, 1.165) is 32.0 Å². The van der Waals surface area contributed by atoms with Crippen LogP contribution in [0.25, 0.3) is 10.9 Å². The van der Waals surface area contributed by atoms with E-state index in [4.69, 9.17) is 9.47 Å². The summed E-state index contributed by atoms with van der Waals surface area (Å²) in [4.78, 5) is 1.98. The molecule has 0 bridgehead atoms. The number of nitrogens with zero attached hydrogens (tertiary/aromatic N) is 1. The van der Waals surface area contributed by atoms with Crippen molar-refractivity contribution in [1.82, 2.24) is 4.57 Å². The molecule has 1 aliphatic heterocycles. The van der Waals surface area contributed by atoms with Gasteiger partial charge in [-0.05, 0) is 43.7 Å². The Kier molecular flexibility index (Phi) is 6.57. The second-order valence-electron chi connectivity index (χ2n) is 7.60. The topological polar surface area (TPSA) is 104 Å². The Bertz CT molecular complexity index is 1030. The molecule has 1 aromatic heterocycles. The molecular formula is C23H27NO6S. The quantitative estimate of drug-likeness (QED) is 0.462. The van der Waals surface area contributed by atoms with Crippen LogP contribution in [0.5, 0.6) is 5.75 Å². The highest BCUT2D eigenvalue weighted by Gasteiger charge is 2.44. The molecule has 0 unspecified atom stereocenters. The number of benzene rings is 2. The molecule has 3 aromatic rings. The maximum Gasteiger partial charge on any atom is 0.163 e. The number of ether oxygens (including phenoxy) is 2. The molecule has 4 N–H and O–H groups in total. The number of hydrogen-bond donors (Lipinski definition) is 4. The lowest BCUT2D eigenvalue weighted by atomic mass is 9.98. The highest BCUT2D eigenvalue weighted by Crippen LogP contribution is 2.40. The lowest BCUT2D eigenvalue weighted by Gasteiger charge is -2.40. The summed E-state index contributed by atoms with van der Waals surface area (Å²) < 4.78 is 13.1. The molecule has 0 spiro atoms. The van der Waals surface area contributed by atoms with Crippen molar-refractivity contribution in [1.29, 1.82) is 0 Å². The van der Waals surface area contributed by atoms with E-state index in [1.165, 1.54) is 0 Å². The minimum atomic E-state index is -1.43. The number of fused-ring (bicyclic) bond motifs is 1. The Balaban J connectivity index is 1.73. The summed E-state index contributed by atoms with van der Waals surface area (Å²) in [6.45, 7) is 4.05. The molecule has 1 fully saturated rings. The molecule has 0 amide bonds. The van der Waals surface area contributed by atoms with Crippen molar-refractivity contribution in [2.75, 3.05) is 13.2 Å². The van der Waals surface area contributed by atoms with Crippen LogP contribution in [-0.2, 0) is 4.74 Å². The molecule has 2 heterocycles. The Morgan fingerprint density at radius 3 is 2.45 bits per heavy atom. The third-order valence-electron chi connectivity index (χ3n) is 5.52. The third-order valence-corrected chi connectivity index (χ3v) is 6.57. The number of aliphatic hydroxyl groups is 4. The lowest BCUT2D eigenvalue weighted by molar-refractivity contribution is -0.250. The van der Waals surface area contributed by atoms with E-state index in [1.807, 2.05) is 62.5 Å². The lowest BCUT2D eigenvalue weighted by Crippen LogP contribution is -2.56. The van der Waals surface area contributed by atoms with Gasteiger partial charge in [0.1, 0.15) is 30.2 Å². The van der Waals surface area contributed by atoms with Gasteiger partial charge in [0.05, 0.1) is 18.7 Å². The average Bonchev–Trinajstić information content (AvgIpc) is 3.13. The highest BCUT2D eigenvalue weighted by atomic mass is 32.2. The van der Waals surface area contributed by atoms with Crippen LogP contribution < -0.4 is 4.74 Å². The van der Waals surface area contributed by atoms with Crippen molar-refractivity contribution in [2.24, 2.45) is 0 Å². The van der Waals surface area contributed by atoms with E-state index in [2.05, 4.69) is 0 Å². The standard InChI is InChI=1S/C23H27NO6S/c1-3-29-14-7-9-15(10-8-14)31-18-11-24(19-13(2)5-4-6-16(18)19)23-22(28)21(27)20(26)17(12-25)30-23/h4-11,17,20-23,25-28H,3,12H2,1-2H3/t17-,20-,21+,22-,23-/m1/s1. The average molecular weight is 446 g/mol. The van der Waals surface area contributed by atoms with Gasteiger partial charge in [-0.3, -0.25) is 0 Å². The van der Waals surface area contributed by atoms with E-state index in [9.17, 15) is 20.4 Å². The van der Waals surface area contributed by atoms with Crippen LogP contribution in [0.2, 0.25) is 0 Å². The van der Waals surface area contributed by atoms with Gasteiger partial charge in [-0.1, -0.05) is 30.0 Å². The van der Waals surface area contributed by atoms with Gasteiger partial charge in [0.25, 0.3) is 0 Å². The van der Waals surface area contributed by atoms with Gasteiger partial charge >= 0.3 is 0 Å². The number of para-hydroxylation sites is 1. The number of rotatable bonds is 6. The largest absolute Gasteiger partial charge is 0.494 e. The van der Waals surface area contributed by atoms with Crippen molar-refractivity contribution in [2.45, 2.75) is 54.3 Å². The van der Waals surface area contributed by atoms with Crippen LogP contribution in [-0.4, -0.2) is 62.6 Å². The van der Waals surface area contributed by atoms with Crippen molar-refractivity contribution >= 4 is 22.7 Å². The number of aromatic nitrogens is 1. The van der Waals surface area contributed by atoms with Crippen LogP contribution in [0.4, 0.5) is 0 Å². The number of aryl methyl sites for hydroxylation is 1. The maximum absolute atomic E-state index is 10.6. The molecular weight excluding hydrogens is 418 g/mol. The number of aliphatic hydroxyl groups excluding tert-OH is 4. The Hall–Kier alpha value is -2.07. The first-order chi connectivity index (χ1) is 14.9. The summed E-state index contributed by atoms with van der Waals surface area (Å²) >= 11 is 1.57. The summed E-state index contributed by atoms with van der Waals surface area (Å²) in [5.41, 5.74) is 1.84. The zero-order valence-electron chi connectivity index (χ0n) is 17.4. The molecule has 166 valence electrons. The normalized spacial score (nSPS) is 26.3. The van der Waals surface area contributed by atoms with E-state index in [1.54, 1.807) is 16.3 Å². The molecule has 7 nitrogen and oxygen atoms in total. The first-order valence-corrected chi connectivity index (χ1v) is 11.1. The van der Waals surface area contributed by atoms with E-state index in [0.29, 0.717) is 6.61 Å². The summed E-state index contributed by atoms with van der Waals surface area (Å²) in [6, 6.07) is 13.8. The zero-order valence-corrected chi connectivity index (χ0v) is 18.2. The van der Waals surface area contributed by atoms with Gasteiger partial charge in [-0.2, -0.15) is 0 Å². The van der Waals surface area contributed by atoms with E-state index >= 15 is 0 Å². The SMILES string of the molecule is CCOc1ccc(Sc2cn([C@@H]3O[C@H](CO)[C@@H](O)[C@H](O)[C@H]3O)c3c(C)cccc23)cc1. The molecule has 4 rings (SSSR count). The smallest absolute Gasteiger partial charge is 0.163 e. The highest BCUT2D eigenvalue weighted by molar-refractivity contribution is 7.99. The van der Waals surface area contributed by atoms with Crippen LogP contribution >= 0.6 is 11.8 Å². The Morgan fingerprint density at radius 1 is 1.03 bits per heavy atom. The van der Waals surface area contributed by atoms with Gasteiger partial charge in [0.15, 0.2) is 6.23 Å². The monoisotopic (exact) mass is 445 g/mol. The predicted molar refractivity (Wildman–Crippen MR) is 117 cm³/mol. The first-order valence-electron chi connectivity index (χ1n) is 10.3. The molecule has 0 radical (unpaired) electrons. The third kappa shape index (κ3) is 4.19. The van der Waals surface area contributed by atoms with Crippen LogP contribution in [0, 0.1) is 6.92 Å². The van der Waals surface area contributed by atoms with Gasteiger partial charge < -0.3 is 34.5 Å². The zero-order chi connectivity index (χ0) is 22.1. The fraction of sp³-hybridized carbons (Fsp3) is 0.391. The van der Waals surface area contributed by atoms with Crippen LogP contribution in [0.3, 0.4) is 0 Å². The fourth-order valence-electron chi connectivity index (χ4n) is 3.95. The molecule has 31 heavy (non-hydrogen) atoms. The minimum absolute atomic E-state index is 0.465. The molecule has 0 aliphatic carbocycles. The molecule has 5 atom stereocenters. The summed E-state index contributed by atoms with van der Waals surface area (Å²) in [5, 5.41) is 41.6. The molecule has 2 aromatic carbocycles. The minimum Gasteiger partial charge on any atom is -0.494 e. The van der Waals surface area contributed by atoms with Gasteiger partial charge in [0, 0.05) is 21.4 Å². The van der Waals surface area contributed by atoms with Crippen LogP contribution in [0.1, 0.15) is 18.7 Å². The number of hydrogen-bond acceptors (Lipinski definition) is 7. The van der Waals surface area contributed by atoms with E-state index in [-0.39, 0.29) is 0 Å². The Morgan fingerprint density at radius 2 is 1.77 bits per heavy atom. The van der Waals surface area contributed by atoms with Gasteiger partial charge in [-0.15, -0.1) is 0 Å². The molecule has 0 saturated carbocycles. The van der Waals surface area contributed by atoms with Gasteiger partial charge in [-0.25, -0.2) is 0 Å². The van der Waals surface area contributed by atoms with Crippen molar-refractivity contribution in [3.8, 4) is 5.75 Å². The molecule has 1 aliphatic rings. The van der Waals surface area contributed by atoms with Gasteiger partial charge in [0.2, 0.25) is 0 Å². The maximum atomic E-state index is 10.6. The summed E-state index contributed by atoms with van der Waals surface area (Å²) in [5.74, 6) is 0.812. The Labute approximate surface area is 184 Å². The second-order valence-corrected chi connectivity index (χ2v) is 8.71. The second kappa shape index (κ2) is 9.20.